The molecule has 6 atom stereocenters. The molecule has 0 aromatic rings. The summed E-state index contributed by atoms with van der Waals surface area (Å²) in [5.74, 6) is 2.73. The van der Waals surface area contributed by atoms with Gasteiger partial charge in [-0.15, -0.1) is 0 Å². The molecule has 2 N–H and O–H groups in total. The Bertz CT molecular complexity index is 884. The molecular formula is C33H54O6. The molecule has 8 saturated carbocycles. The van der Waals surface area contributed by atoms with Crippen LogP contribution in [0, 0.1) is 51.8 Å². The topological polar surface area (TPSA) is 93.1 Å². The first-order valence-electron chi connectivity index (χ1n) is 16.1. The Balaban J connectivity index is 0.000000158. The quantitative estimate of drug-likeness (QED) is 0.342. The third-order valence-corrected chi connectivity index (χ3v) is 11.9. The maximum absolute atomic E-state index is 11.9. The van der Waals surface area contributed by atoms with E-state index in [0.29, 0.717) is 31.7 Å². The second-order valence-electron chi connectivity index (χ2n) is 15.6. The van der Waals surface area contributed by atoms with Crippen LogP contribution >= 0.6 is 0 Å². The first-order chi connectivity index (χ1) is 18.4. The SMILES string of the molecule is CCC(C)C(=O)OCC12CC3CC(CC(CO)(C3)C1)C2.CCC(C)C(=O)OCC12CC3CC(CC(O)(C3)C1)C2. The lowest BCUT2D eigenvalue weighted by atomic mass is 9.44. The van der Waals surface area contributed by atoms with E-state index in [2.05, 4.69) is 0 Å². The molecule has 6 unspecified atom stereocenters. The molecule has 8 fully saturated rings. The minimum absolute atomic E-state index is 0.00278. The highest BCUT2D eigenvalue weighted by atomic mass is 16.5. The lowest BCUT2D eigenvalue weighted by molar-refractivity contribution is -0.188. The van der Waals surface area contributed by atoms with Crippen molar-refractivity contribution < 1.29 is 29.3 Å². The van der Waals surface area contributed by atoms with Gasteiger partial charge in [-0.2, -0.15) is 0 Å². The summed E-state index contributed by atoms with van der Waals surface area (Å²) in [7, 11) is 0. The molecule has 0 heterocycles. The molecule has 0 saturated heterocycles. The van der Waals surface area contributed by atoms with Crippen LogP contribution in [0.25, 0.3) is 0 Å². The summed E-state index contributed by atoms with van der Waals surface area (Å²) in [5.41, 5.74) is -0.0440. The molecule has 6 nitrogen and oxygen atoms in total. The maximum Gasteiger partial charge on any atom is 0.308 e. The number of esters is 2. The number of carbonyl (C=O) groups is 2. The zero-order valence-corrected chi connectivity index (χ0v) is 25.0. The van der Waals surface area contributed by atoms with E-state index >= 15 is 0 Å². The lowest BCUT2D eigenvalue weighted by Gasteiger charge is -2.61. The van der Waals surface area contributed by atoms with Crippen LogP contribution in [0.2, 0.25) is 0 Å². The van der Waals surface area contributed by atoms with Crippen molar-refractivity contribution in [2.45, 2.75) is 123 Å². The van der Waals surface area contributed by atoms with Gasteiger partial charge in [0.05, 0.1) is 30.7 Å². The van der Waals surface area contributed by atoms with Crippen LogP contribution in [-0.2, 0) is 19.1 Å². The van der Waals surface area contributed by atoms with E-state index in [4.69, 9.17) is 9.47 Å². The van der Waals surface area contributed by atoms with Gasteiger partial charge in [-0.25, -0.2) is 0 Å². The molecule has 0 aliphatic heterocycles. The zero-order chi connectivity index (χ0) is 28.1. The van der Waals surface area contributed by atoms with Gasteiger partial charge in [0, 0.05) is 17.4 Å². The van der Waals surface area contributed by atoms with Gasteiger partial charge >= 0.3 is 11.9 Å². The molecule has 8 aliphatic rings. The number of aliphatic hydroxyl groups is 2. The Kier molecular flexibility index (Phi) is 8.23. The molecule has 222 valence electrons. The average molecular weight is 547 g/mol. The van der Waals surface area contributed by atoms with Gasteiger partial charge in [-0.1, -0.05) is 27.7 Å². The fraction of sp³-hybridized carbons (Fsp3) is 0.939. The Labute approximate surface area is 236 Å². The zero-order valence-electron chi connectivity index (χ0n) is 25.0. The van der Waals surface area contributed by atoms with Crippen LogP contribution < -0.4 is 0 Å². The van der Waals surface area contributed by atoms with Gasteiger partial charge in [-0.3, -0.25) is 9.59 Å². The van der Waals surface area contributed by atoms with E-state index in [0.717, 1.165) is 63.2 Å². The molecule has 8 aliphatic carbocycles. The molecule has 0 spiro atoms. The summed E-state index contributed by atoms with van der Waals surface area (Å²) in [5, 5.41) is 20.5. The highest BCUT2D eigenvalue weighted by Gasteiger charge is 2.59. The second-order valence-corrected chi connectivity index (χ2v) is 15.6. The van der Waals surface area contributed by atoms with E-state index in [-0.39, 0.29) is 40.0 Å². The number of aliphatic hydroxyl groups excluding tert-OH is 1. The molecule has 6 heteroatoms. The van der Waals surface area contributed by atoms with Crippen LogP contribution in [0.15, 0.2) is 0 Å². The number of hydrogen-bond acceptors (Lipinski definition) is 6. The first-order valence-corrected chi connectivity index (χ1v) is 16.1. The largest absolute Gasteiger partial charge is 0.465 e. The molecule has 0 aromatic heterocycles. The predicted molar refractivity (Wildman–Crippen MR) is 150 cm³/mol. The number of hydrogen-bond donors (Lipinski definition) is 2. The average Bonchev–Trinajstić information content (AvgIpc) is 2.87. The van der Waals surface area contributed by atoms with Gasteiger partial charge in [0.15, 0.2) is 0 Å². The van der Waals surface area contributed by atoms with E-state index in [1.54, 1.807) is 0 Å². The van der Waals surface area contributed by atoms with Crippen LogP contribution in [0.4, 0.5) is 0 Å². The monoisotopic (exact) mass is 546 g/mol. The normalized spacial score (nSPS) is 44.4. The molecular weight excluding hydrogens is 492 g/mol. The molecule has 0 radical (unpaired) electrons. The Morgan fingerprint density at radius 3 is 1.46 bits per heavy atom. The third-order valence-electron chi connectivity index (χ3n) is 11.9. The standard InChI is InChI=1S/C17H28O3.C16H26O3/c1-3-12(2)15(19)20-11-17-7-13-4-14(8-17)6-16(5-13,9-17)10-18;1-3-11(2)14(17)19-10-15-5-12-4-13(6-15)8-16(18,7-12)9-15/h12-14,18H,3-11H2,1-2H3;11-13,18H,3-10H2,1-2H3. The van der Waals surface area contributed by atoms with Crippen LogP contribution in [0.5, 0.6) is 0 Å². The van der Waals surface area contributed by atoms with Gasteiger partial charge in [0.25, 0.3) is 0 Å². The molecule has 0 aromatic carbocycles. The highest BCUT2D eigenvalue weighted by molar-refractivity contribution is 5.72. The van der Waals surface area contributed by atoms with Crippen LogP contribution in [0.1, 0.15) is 118 Å². The summed E-state index contributed by atoms with van der Waals surface area (Å²) < 4.78 is 11.2. The van der Waals surface area contributed by atoms with Crippen molar-refractivity contribution in [3.63, 3.8) is 0 Å². The molecule has 0 amide bonds. The summed E-state index contributed by atoms with van der Waals surface area (Å²) >= 11 is 0. The van der Waals surface area contributed by atoms with Crippen LogP contribution in [-0.4, -0.2) is 47.6 Å². The van der Waals surface area contributed by atoms with Gasteiger partial charge in [-0.05, 0) is 119 Å². The highest BCUT2D eigenvalue weighted by Crippen LogP contribution is 2.65. The van der Waals surface area contributed by atoms with E-state index in [1.165, 1.54) is 38.5 Å². The fourth-order valence-corrected chi connectivity index (χ4v) is 10.6. The van der Waals surface area contributed by atoms with Crippen molar-refractivity contribution >= 4 is 11.9 Å². The summed E-state index contributed by atoms with van der Waals surface area (Å²) in [6.45, 7) is 9.35. The van der Waals surface area contributed by atoms with Crippen molar-refractivity contribution in [3.8, 4) is 0 Å². The minimum Gasteiger partial charge on any atom is -0.465 e. The Morgan fingerprint density at radius 1 is 0.692 bits per heavy atom. The first kappa shape index (κ1) is 29.4. The predicted octanol–water partition coefficient (Wildman–Crippen LogP) is 6.06. The van der Waals surface area contributed by atoms with Gasteiger partial charge in [0.2, 0.25) is 0 Å². The van der Waals surface area contributed by atoms with Gasteiger partial charge < -0.3 is 19.7 Å². The Morgan fingerprint density at radius 2 is 1.08 bits per heavy atom. The smallest absolute Gasteiger partial charge is 0.308 e. The van der Waals surface area contributed by atoms with Crippen molar-refractivity contribution in [1.82, 2.24) is 0 Å². The lowest BCUT2D eigenvalue weighted by Crippen LogP contribution is -2.57. The summed E-state index contributed by atoms with van der Waals surface area (Å²) in [6, 6.07) is 0. The van der Waals surface area contributed by atoms with E-state index < -0.39 is 5.60 Å². The van der Waals surface area contributed by atoms with Crippen LogP contribution in [0.3, 0.4) is 0 Å². The number of carbonyl (C=O) groups excluding carboxylic acids is 2. The fourth-order valence-electron chi connectivity index (χ4n) is 10.6. The van der Waals surface area contributed by atoms with Crippen molar-refractivity contribution in [1.29, 1.82) is 0 Å². The van der Waals surface area contributed by atoms with E-state index in [1.807, 2.05) is 27.7 Å². The summed E-state index contributed by atoms with van der Waals surface area (Å²) in [4.78, 5) is 23.8. The van der Waals surface area contributed by atoms with Crippen molar-refractivity contribution in [2.24, 2.45) is 51.8 Å². The third kappa shape index (κ3) is 6.08. The Hall–Kier alpha value is -1.14. The van der Waals surface area contributed by atoms with E-state index in [9.17, 15) is 19.8 Å². The maximum atomic E-state index is 11.9. The van der Waals surface area contributed by atoms with Crippen molar-refractivity contribution in [2.75, 3.05) is 19.8 Å². The molecule has 8 rings (SSSR count). The molecule has 8 bridgehead atoms. The van der Waals surface area contributed by atoms with Crippen molar-refractivity contribution in [3.05, 3.63) is 0 Å². The number of rotatable bonds is 9. The summed E-state index contributed by atoms with van der Waals surface area (Å²) in [6.07, 6.45) is 15.3. The number of ether oxygens (including phenoxy) is 2. The second kappa shape index (κ2) is 10.9. The van der Waals surface area contributed by atoms with Gasteiger partial charge in [0.1, 0.15) is 0 Å². The molecule has 39 heavy (non-hydrogen) atoms. The minimum atomic E-state index is -0.452.